The maximum absolute atomic E-state index is 5.75. The molecule has 0 saturated heterocycles. The van der Waals surface area contributed by atoms with Gasteiger partial charge in [-0.25, -0.2) is 0 Å². The van der Waals surface area contributed by atoms with Crippen LogP contribution in [0.15, 0.2) is 0 Å². The minimum absolute atomic E-state index is 0.0844. The minimum atomic E-state index is 0.0844. The zero-order valence-corrected chi connectivity index (χ0v) is 11.6. The molecule has 1 rings (SSSR count). The van der Waals surface area contributed by atoms with Crippen LogP contribution < -0.4 is 15.8 Å². The van der Waals surface area contributed by atoms with Crippen molar-refractivity contribution in [1.29, 1.82) is 0 Å². The molecule has 1 aromatic rings. The standard InChI is InChI=1S/C11H21N3O2S/c1-7(2)15-6-5-13-11-9(16-8(3)4)10(12)14-17-11/h7-8,13H,5-6H2,1-4H3,(H2,12,14). The van der Waals surface area contributed by atoms with Crippen LogP contribution in [-0.2, 0) is 4.74 Å². The van der Waals surface area contributed by atoms with Gasteiger partial charge in [0.15, 0.2) is 16.6 Å². The predicted octanol–water partition coefficient (Wildman–Crippen LogP) is 2.35. The second-order valence-corrected chi connectivity index (χ2v) is 5.01. The fourth-order valence-corrected chi connectivity index (χ4v) is 1.89. The first-order valence-corrected chi connectivity index (χ1v) is 6.55. The van der Waals surface area contributed by atoms with E-state index >= 15 is 0 Å². The summed E-state index contributed by atoms with van der Waals surface area (Å²) in [6.07, 6.45) is 0.330. The predicted molar refractivity (Wildman–Crippen MR) is 71.9 cm³/mol. The van der Waals surface area contributed by atoms with Gasteiger partial charge in [0, 0.05) is 6.54 Å². The lowest BCUT2D eigenvalue weighted by atomic mass is 10.4. The quantitative estimate of drug-likeness (QED) is 0.736. The molecule has 0 atom stereocenters. The smallest absolute Gasteiger partial charge is 0.197 e. The summed E-state index contributed by atoms with van der Waals surface area (Å²) in [4.78, 5) is 0. The molecule has 98 valence electrons. The maximum atomic E-state index is 5.75. The van der Waals surface area contributed by atoms with Gasteiger partial charge < -0.3 is 20.5 Å². The van der Waals surface area contributed by atoms with E-state index in [0.29, 0.717) is 24.7 Å². The van der Waals surface area contributed by atoms with E-state index in [9.17, 15) is 0 Å². The molecule has 1 aromatic heterocycles. The van der Waals surface area contributed by atoms with Crippen molar-refractivity contribution in [3.8, 4) is 5.75 Å². The zero-order valence-electron chi connectivity index (χ0n) is 10.8. The number of nitrogens with zero attached hydrogens (tertiary/aromatic N) is 1. The summed E-state index contributed by atoms with van der Waals surface area (Å²) in [6.45, 7) is 9.31. The number of ether oxygens (including phenoxy) is 2. The molecule has 0 spiro atoms. The van der Waals surface area contributed by atoms with Crippen LogP contribution in [-0.4, -0.2) is 29.7 Å². The van der Waals surface area contributed by atoms with Crippen LogP contribution in [0, 0.1) is 0 Å². The third-order valence-corrected chi connectivity index (χ3v) is 2.67. The molecular formula is C11H21N3O2S. The molecule has 0 fully saturated rings. The van der Waals surface area contributed by atoms with Crippen LogP contribution in [0.4, 0.5) is 10.8 Å². The van der Waals surface area contributed by atoms with Gasteiger partial charge in [-0.15, -0.1) is 0 Å². The van der Waals surface area contributed by atoms with Crippen molar-refractivity contribution < 1.29 is 9.47 Å². The molecule has 17 heavy (non-hydrogen) atoms. The lowest BCUT2D eigenvalue weighted by Gasteiger charge is -2.12. The van der Waals surface area contributed by atoms with Gasteiger partial charge in [-0.05, 0) is 39.2 Å². The molecule has 0 aliphatic heterocycles. The van der Waals surface area contributed by atoms with Gasteiger partial charge in [-0.1, -0.05) is 0 Å². The van der Waals surface area contributed by atoms with E-state index < -0.39 is 0 Å². The molecule has 0 radical (unpaired) electrons. The Morgan fingerprint density at radius 2 is 2.00 bits per heavy atom. The number of hydrogen-bond acceptors (Lipinski definition) is 6. The second-order valence-electron chi connectivity index (χ2n) is 4.24. The summed E-state index contributed by atoms with van der Waals surface area (Å²) >= 11 is 1.31. The monoisotopic (exact) mass is 259 g/mol. The molecule has 0 unspecified atom stereocenters. The fourth-order valence-electron chi connectivity index (χ4n) is 1.22. The third kappa shape index (κ3) is 4.79. The summed E-state index contributed by atoms with van der Waals surface area (Å²) in [6, 6.07) is 0. The summed E-state index contributed by atoms with van der Waals surface area (Å²) < 4.78 is 15.1. The molecular weight excluding hydrogens is 238 g/mol. The normalized spacial score (nSPS) is 11.2. The van der Waals surface area contributed by atoms with Crippen LogP contribution in [0.5, 0.6) is 5.75 Å². The van der Waals surface area contributed by atoms with E-state index in [1.807, 2.05) is 27.7 Å². The van der Waals surface area contributed by atoms with Crippen LogP contribution >= 0.6 is 11.5 Å². The van der Waals surface area contributed by atoms with Crippen LogP contribution in [0.2, 0.25) is 0 Å². The van der Waals surface area contributed by atoms with Crippen molar-refractivity contribution in [2.24, 2.45) is 0 Å². The molecule has 6 heteroatoms. The van der Waals surface area contributed by atoms with E-state index in [4.69, 9.17) is 15.2 Å². The second kappa shape index (κ2) is 6.66. The van der Waals surface area contributed by atoms with Crippen LogP contribution in [0.3, 0.4) is 0 Å². The first-order valence-electron chi connectivity index (χ1n) is 5.78. The molecule has 0 aliphatic carbocycles. The highest BCUT2D eigenvalue weighted by Gasteiger charge is 2.13. The van der Waals surface area contributed by atoms with Gasteiger partial charge in [-0.2, -0.15) is 4.37 Å². The number of nitrogen functional groups attached to an aromatic ring is 1. The van der Waals surface area contributed by atoms with Crippen molar-refractivity contribution in [3.63, 3.8) is 0 Å². The SMILES string of the molecule is CC(C)OCCNc1snc(N)c1OC(C)C. The Kier molecular flexibility index (Phi) is 5.50. The number of aromatic nitrogens is 1. The Balaban J connectivity index is 2.47. The highest BCUT2D eigenvalue weighted by Crippen LogP contribution is 2.35. The van der Waals surface area contributed by atoms with Gasteiger partial charge in [0.1, 0.15) is 0 Å². The average Bonchev–Trinajstić information content (AvgIpc) is 2.55. The number of hydrogen-bond donors (Lipinski definition) is 2. The number of anilines is 2. The van der Waals surface area contributed by atoms with E-state index in [1.54, 1.807) is 0 Å². The van der Waals surface area contributed by atoms with Gasteiger partial charge in [0.05, 0.1) is 18.8 Å². The highest BCUT2D eigenvalue weighted by molar-refractivity contribution is 7.11. The number of rotatable bonds is 7. The first-order chi connectivity index (χ1) is 8.00. The van der Waals surface area contributed by atoms with E-state index in [-0.39, 0.29) is 12.2 Å². The Morgan fingerprint density at radius 1 is 1.29 bits per heavy atom. The lowest BCUT2D eigenvalue weighted by Crippen LogP contribution is -2.14. The molecule has 0 amide bonds. The Morgan fingerprint density at radius 3 is 2.59 bits per heavy atom. The topological polar surface area (TPSA) is 69.4 Å². The first kappa shape index (κ1) is 14.1. The molecule has 5 nitrogen and oxygen atoms in total. The van der Waals surface area contributed by atoms with E-state index in [0.717, 1.165) is 5.00 Å². The molecule has 3 N–H and O–H groups in total. The van der Waals surface area contributed by atoms with Crippen molar-refractivity contribution in [2.75, 3.05) is 24.2 Å². The maximum Gasteiger partial charge on any atom is 0.197 e. The fraction of sp³-hybridized carbons (Fsp3) is 0.727. The number of nitrogens with one attached hydrogen (secondary N) is 1. The van der Waals surface area contributed by atoms with E-state index in [2.05, 4.69) is 9.69 Å². The van der Waals surface area contributed by atoms with E-state index in [1.165, 1.54) is 11.5 Å². The highest BCUT2D eigenvalue weighted by atomic mass is 32.1. The number of nitrogens with two attached hydrogens (primary N) is 1. The minimum Gasteiger partial charge on any atom is -0.484 e. The lowest BCUT2D eigenvalue weighted by molar-refractivity contribution is 0.0870. The molecule has 0 bridgehead atoms. The van der Waals surface area contributed by atoms with Crippen molar-refractivity contribution in [2.45, 2.75) is 39.9 Å². The van der Waals surface area contributed by atoms with Crippen molar-refractivity contribution in [1.82, 2.24) is 4.37 Å². The Hall–Kier alpha value is -1.01. The third-order valence-electron chi connectivity index (χ3n) is 1.87. The van der Waals surface area contributed by atoms with Gasteiger partial charge >= 0.3 is 0 Å². The largest absolute Gasteiger partial charge is 0.484 e. The molecule has 0 saturated carbocycles. The zero-order chi connectivity index (χ0) is 12.8. The van der Waals surface area contributed by atoms with Gasteiger partial charge in [0.25, 0.3) is 0 Å². The van der Waals surface area contributed by atoms with Crippen LogP contribution in [0.25, 0.3) is 0 Å². The molecule has 0 aromatic carbocycles. The van der Waals surface area contributed by atoms with Gasteiger partial charge in [0.2, 0.25) is 0 Å². The average molecular weight is 259 g/mol. The molecule has 0 aliphatic rings. The Labute approximate surface area is 106 Å². The molecule has 1 heterocycles. The van der Waals surface area contributed by atoms with Gasteiger partial charge in [-0.3, -0.25) is 0 Å². The summed E-state index contributed by atoms with van der Waals surface area (Å²) in [5.41, 5.74) is 5.75. The Bertz CT molecular complexity index is 339. The summed E-state index contributed by atoms with van der Waals surface area (Å²) in [7, 11) is 0. The van der Waals surface area contributed by atoms with Crippen molar-refractivity contribution >= 4 is 22.4 Å². The van der Waals surface area contributed by atoms with Crippen LogP contribution in [0.1, 0.15) is 27.7 Å². The van der Waals surface area contributed by atoms with Crippen molar-refractivity contribution in [3.05, 3.63) is 0 Å². The summed E-state index contributed by atoms with van der Waals surface area (Å²) in [5, 5.41) is 4.09. The summed E-state index contributed by atoms with van der Waals surface area (Å²) in [5.74, 6) is 1.09.